The second-order valence-electron chi connectivity index (χ2n) is 5.70. The molecular formula is C18H13N5O. The molecule has 5 aromatic rings. The van der Waals surface area contributed by atoms with E-state index in [1.54, 1.807) is 4.57 Å². The lowest BCUT2D eigenvalue weighted by Crippen LogP contribution is -2.16. The molecule has 3 heterocycles. The molecule has 5 rings (SSSR count). The van der Waals surface area contributed by atoms with Crippen LogP contribution in [0.1, 0.15) is 0 Å². The maximum absolute atomic E-state index is 12.3. The number of nitrogens with one attached hydrogen (secondary N) is 3. The third-order valence-corrected chi connectivity index (χ3v) is 4.20. The highest BCUT2D eigenvalue weighted by atomic mass is 16.1. The van der Waals surface area contributed by atoms with Gasteiger partial charge in [0.2, 0.25) is 0 Å². The van der Waals surface area contributed by atoms with Gasteiger partial charge < -0.3 is 9.97 Å². The van der Waals surface area contributed by atoms with Gasteiger partial charge in [-0.05, 0) is 24.3 Å². The van der Waals surface area contributed by atoms with Gasteiger partial charge in [0.15, 0.2) is 5.82 Å². The van der Waals surface area contributed by atoms with E-state index in [9.17, 15) is 4.79 Å². The zero-order valence-corrected chi connectivity index (χ0v) is 12.6. The Labute approximate surface area is 135 Å². The summed E-state index contributed by atoms with van der Waals surface area (Å²) in [4.78, 5) is 18.9. The molecule has 3 aromatic heterocycles. The first-order valence-electron chi connectivity index (χ1n) is 7.63. The first-order valence-corrected chi connectivity index (χ1v) is 7.63. The topological polar surface area (TPSA) is 82.3 Å². The maximum Gasteiger partial charge on any atom is 0.349 e. The van der Waals surface area contributed by atoms with Gasteiger partial charge in [-0.15, -0.1) is 0 Å². The van der Waals surface area contributed by atoms with Crippen LogP contribution in [-0.4, -0.2) is 24.7 Å². The molecule has 6 heteroatoms. The fourth-order valence-electron chi connectivity index (χ4n) is 3.07. The molecule has 0 spiro atoms. The van der Waals surface area contributed by atoms with E-state index in [0.717, 1.165) is 27.5 Å². The number of hydrogen-bond donors (Lipinski definition) is 3. The van der Waals surface area contributed by atoms with E-state index in [2.05, 4.69) is 20.2 Å². The molecule has 24 heavy (non-hydrogen) atoms. The Balaban J connectivity index is 1.75. The summed E-state index contributed by atoms with van der Waals surface area (Å²) in [5.74, 6) is 1.23. The molecule has 0 saturated carbocycles. The SMILES string of the molecule is O=c1[nH]nc(-c2cc3ccccc3[nH]2)n1-c1cc2ccccc2[nH]1. The Bertz CT molecular complexity index is 1170. The molecule has 116 valence electrons. The minimum Gasteiger partial charge on any atom is -0.352 e. The fourth-order valence-corrected chi connectivity index (χ4v) is 3.07. The second kappa shape index (κ2) is 4.73. The third-order valence-electron chi connectivity index (χ3n) is 4.20. The van der Waals surface area contributed by atoms with E-state index in [1.807, 2.05) is 60.7 Å². The van der Waals surface area contributed by atoms with Crippen LogP contribution >= 0.6 is 0 Å². The highest BCUT2D eigenvalue weighted by molar-refractivity contribution is 5.85. The van der Waals surface area contributed by atoms with Crippen LogP contribution in [0.2, 0.25) is 0 Å². The number of H-pyrrole nitrogens is 3. The minimum atomic E-state index is -0.282. The van der Waals surface area contributed by atoms with Gasteiger partial charge >= 0.3 is 5.69 Å². The van der Waals surface area contributed by atoms with Gasteiger partial charge in [0.1, 0.15) is 5.82 Å². The Hall–Kier alpha value is -3.54. The standard InChI is InChI=1S/C18H13N5O/c24-18-22-21-17(15-9-11-5-1-3-7-13(11)19-15)23(18)16-10-12-6-2-4-8-14(12)20-16/h1-10,19-20H,(H,22,24). The van der Waals surface area contributed by atoms with Crippen molar-refractivity contribution in [2.45, 2.75) is 0 Å². The van der Waals surface area contributed by atoms with Crippen molar-refractivity contribution in [3.63, 3.8) is 0 Å². The second-order valence-corrected chi connectivity index (χ2v) is 5.70. The van der Waals surface area contributed by atoms with Gasteiger partial charge in [-0.25, -0.2) is 14.5 Å². The van der Waals surface area contributed by atoms with Crippen molar-refractivity contribution in [2.75, 3.05) is 0 Å². The first kappa shape index (κ1) is 13.0. The maximum atomic E-state index is 12.3. The molecule has 0 bridgehead atoms. The fraction of sp³-hybridized carbons (Fsp3) is 0. The lowest BCUT2D eigenvalue weighted by molar-refractivity contribution is 0.958. The monoisotopic (exact) mass is 315 g/mol. The van der Waals surface area contributed by atoms with Gasteiger partial charge in [-0.1, -0.05) is 36.4 Å². The summed E-state index contributed by atoms with van der Waals surface area (Å²) in [5.41, 5.74) is 2.48. The van der Waals surface area contributed by atoms with Crippen LogP contribution in [0.15, 0.2) is 65.5 Å². The van der Waals surface area contributed by atoms with Gasteiger partial charge in [-0.2, -0.15) is 5.10 Å². The third kappa shape index (κ3) is 1.83. The van der Waals surface area contributed by atoms with Crippen LogP contribution in [0.3, 0.4) is 0 Å². The minimum absolute atomic E-state index is 0.282. The van der Waals surface area contributed by atoms with Crippen molar-refractivity contribution in [2.24, 2.45) is 0 Å². The zero-order valence-electron chi connectivity index (χ0n) is 12.6. The molecule has 6 nitrogen and oxygen atoms in total. The largest absolute Gasteiger partial charge is 0.352 e. The molecule has 0 fully saturated rings. The average molecular weight is 315 g/mol. The highest BCUT2D eigenvalue weighted by Crippen LogP contribution is 2.24. The van der Waals surface area contributed by atoms with E-state index >= 15 is 0 Å². The summed E-state index contributed by atoms with van der Waals surface area (Å²) in [5, 5.41) is 8.86. The molecule has 0 aliphatic carbocycles. The van der Waals surface area contributed by atoms with Crippen LogP contribution < -0.4 is 5.69 Å². The van der Waals surface area contributed by atoms with Crippen LogP contribution in [0.5, 0.6) is 0 Å². The van der Waals surface area contributed by atoms with Crippen molar-refractivity contribution >= 4 is 21.8 Å². The van der Waals surface area contributed by atoms with E-state index in [4.69, 9.17) is 0 Å². The lowest BCUT2D eigenvalue weighted by Gasteiger charge is -2.00. The number of rotatable bonds is 2. The smallest absolute Gasteiger partial charge is 0.349 e. The average Bonchev–Trinajstić information content (AvgIpc) is 3.29. The number of hydrogen-bond acceptors (Lipinski definition) is 2. The van der Waals surface area contributed by atoms with Crippen molar-refractivity contribution in [3.05, 3.63) is 71.1 Å². The van der Waals surface area contributed by atoms with Crippen LogP contribution in [0.4, 0.5) is 0 Å². The van der Waals surface area contributed by atoms with Gasteiger partial charge in [0.25, 0.3) is 0 Å². The van der Waals surface area contributed by atoms with Crippen molar-refractivity contribution < 1.29 is 0 Å². The summed E-state index contributed by atoms with van der Waals surface area (Å²) < 4.78 is 1.55. The number of benzene rings is 2. The number of aromatic amines is 3. The van der Waals surface area contributed by atoms with E-state index in [0.29, 0.717) is 11.6 Å². The predicted octanol–water partition coefficient (Wildman–Crippen LogP) is 3.19. The highest BCUT2D eigenvalue weighted by Gasteiger charge is 2.16. The van der Waals surface area contributed by atoms with Crippen molar-refractivity contribution in [1.29, 1.82) is 0 Å². The van der Waals surface area contributed by atoms with E-state index < -0.39 is 0 Å². The zero-order chi connectivity index (χ0) is 16.1. The Kier molecular flexibility index (Phi) is 2.55. The van der Waals surface area contributed by atoms with Crippen LogP contribution in [0.25, 0.3) is 39.1 Å². The van der Waals surface area contributed by atoms with E-state index in [1.165, 1.54) is 0 Å². The first-order chi connectivity index (χ1) is 11.8. The molecule has 0 radical (unpaired) electrons. The number of fused-ring (bicyclic) bond motifs is 2. The molecule has 0 atom stereocenters. The normalized spacial score (nSPS) is 11.5. The molecular weight excluding hydrogens is 302 g/mol. The molecule has 0 unspecified atom stereocenters. The number of aromatic nitrogens is 5. The summed E-state index contributed by atoms with van der Waals surface area (Å²) in [6.45, 7) is 0. The van der Waals surface area contributed by atoms with Gasteiger partial charge in [0.05, 0.1) is 5.69 Å². The molecule has 0 aliphatic heterocycles. The summed E-state index contributed by atoms with van der Waals surface area (Å²) in [6, 6.07) is 19.8. The van der Waals surface area contributed by atoms with Crippen LogP contribution in [0, 0.1) is 0 Å². The Morgan fingerprint density at radius 3 is 2.21 bits per heavy atom. The quantitative estimate of drug-likeness (QED) is 0.467. The van der Waals surface area contributed by atoms with Crippen molar-refractivity contribution in [3.8, 4) is 17.3 Å². The number of para-hydroxylation sites is 2. The van der Waals surface area contributed by atoms with Gasteiger partial charge in [0, 0.05) is 21.8 Å². The lowest BCUT2D eigenvalue weighted by atomic mass is 10.2. The molecule has 0 amide bonds. The van der Waals surface area contributed by atoms with Crippen molar-refractivity contribution in [1.82, 2.24) is 24.7 Å². The predicted molar refractivity (Wildman–Crippen MR) is 93.3 cm³/mol. The molecule has 0 aliphatic rings. The van der Waals surface area contributed by atoms with E-state index in [-0.39, 0.29) is 5.69 Å². The number of nitrogens with zero attached hydrogens (tertiary/aromatic N) is 2. The summed E-state index contributed by atoms with van der Waals surface area (Å²) in [6.07, 6.45) is 0. The Morgan fingerprint density at radius 1 is 0.833 bits per heavy atom. The molecule has 2 aromatic carbocycles. The van der Waals surface area contributed by atoms with Crippen LogP contribution in [-0.2, 0) is 0 Å². The Morgan fingerprint density at radius 2 is 1.50 bits per heavy atom. The summed E-state index contributed by atoms with van der Waals surface area (Å²) >= 11 is 0. The molecule has 3 N–H and O–H groups in total. The molecule has 0 saturated heterocycles. The summed E-state index contributed by atoms with van der Waals surface area (Å²) in [7, 11) is 0. The van der Waals surface area contributed by atoms with Gasteiger partial charge in [-0.3, -0.25) is 0 Å².